The third kappa shape index (κ3) is 4.57. The summed E-state index contributed by atoms with van der Waals surface area (Å²) in [5, 5.41) is 8.50. The number of nitrogens with two attached hydrogens (primary N) is 1. The summed E-state index contributed by atoms with van der Waals surface area (Å²) in [4.78, 5) is 11.2. The van der Waals surface area contributed by atoms with Crippen LogP contribution in [0.5, 0.6) is 0 Å². The number of aliphatic hydroxyl groups excluding tert-OH is 1. The number of hydrogen-bond donors (Lipinski definition) is 3. The number of hydrogen-bond acceptors (Lipinski definition) is 5. The molecule has 0 atom stereocenters. The number of ether oxygens (including phenoxy) is 1. The third-order valence-corrected chi connectivity index (χ3v) is 4.02. The summed E-state index contributed by atoms with van der Waals surface area (Å²) >= 11 is 0. The fourth-order valence-electron chi connectivity index (χ4n) is 1.53. The number of primary amides is 1. The Hall–Kier alpha value is -1.48. The van der Waals surface area contributed by atoms with E-state index in [9.17, 15) is 13.2 Å². The molecule has 0 heterocycles. The van der Waals surface area contributed by atoms with Crippen LogP contribution in [0.25, 0.3) is 0 Å². The van der Waals surface area contributed by atoms with Crippen molar-refractivity contribution in [3.8, 4) is 0 Å². The minimum Gasteiger partial charge on any atom is -0.394 e. The van der Waals surface area contributed by atoms with Crippen LogP contribution in [0.2, 0.25) is 0 Å². The average molecular weight is 302 g/mol. The van der Waals surface area contributed by atoms with Gasteiger partial charge in [-0.1, -0.05) is 6.07 Å². The van der Waals surface area contributed by atoms with Gasteiger partial charge in [-0.2, -0.15) is 0 Å². The van der Waals surface area contributed by atoms with E-state index in [0.29, 0.717) is 5.56 Å². The molecule has 1 amide bonds. The van der Waals surface area contributed by atoms with Crippen LogP contribution in [0.3, 0.4) is 0 Å². The molecular formula is C12H18N2O5S. The van der Waals surface area contributed by atoms with E-state index >= 15 is 0 Å². The number of amides is 1. The van der Waals surface area contributed by atoms with E-state index in [1.54, 1.807) is 6.92 Å². The van der Waals surface area contributed by atoms with Gasteiger partial charge in [-0.25, -0.2) is 13.1 Å². The number of benzene rings is 1. The van der Waals surface area contributed by atoms with Gasteiger partial charge in [0.25, 0.3) is 0 Å². The number of carbonyl (C=O) groups is 1. The summed E-state index contributed by atoms with van der Waals surface area (Å²) < 4.78 is 31.2. The number of carbonyl (C=O) groups excluding carboxylic acids is 1. The van der Waals surface area contributed by atoms with Crippen LogP contribution in [0.4, 0.5) is 0 Å². The van der Waals surface area contributed by atoms with Crippen LogP contribution >= 0.6 is 0 Å². The molecule has 0 aliphatic rings. The largest absolute Gasteiger partial charge is 0.394 e. The molecule has 1 rings (SSSR count). The molecule has 8 heteroatoms. The Balaban J connectivity index is 2.77. The van der Waals surface area contributed by atoms with Crippen LogP contribution in [0, 0.1) is 6.92 Å². The molecule has 7 nitrogen and oxygen atoms in total. The first-order chi connectivity index (χ1) is 9.38. The van der Waals surface area contributed by atoms with E-state index in [2.05, 4.69) is 4.72 Å². The Labute approximate surface area is 117 Å². The molecule has 1 aromatic rings. The lowest BCUT2D eigenvalue weighted by Gasteiger charge is -2.09. The van der Waals surface area contributed by atoms with Gasteiger partial charge >= 0.3 is 0 Å². The van der Waals surface area contributed by atoms with E-state index in [1.165, 1.54) is 18.2 Å². The quantitative estimate of drug-likeness (QED) is 0.553. The number of nitrogens with one attached hydrogen (secondary N) is 1. The predicted octanol–water partition coefficient (Wildman–Crippen LogP) is -0.619. The van der Waals surface area contributed by atoms with E-state index in [1.807, 2.05) is 0 Å². The number of aliphatic hydroxyl groups is 1. The van der Waals surface area contributed by atoms with Gasteiger partial charge < -0.3 is 15.6 Å². The summed E-state index contributed by atoms with van der Waals surface area (Å²) in [6.07, 6.45) is 0. The van der Waals surface area contributed by atoms with E-state index in [-0.39, 0.29) is 36.8 Å². The van der Waals surface area contributed by atoms with Gasteiger partial charge in [-0.15, -0.1) is 0 Å². The Morgan fingerprint density at radius 1 is 1.40 bits per heavy atom. The Kier molecular flexibility index (Phi) is 6.08. The molecule has 0 fully saturated rings. The lowest BCUT2D eigenvalue weighted by Crippen LogP contribution is -2.28. The molecule has 0 aliphatic carbocycles. The molecule has 4 N–H and O–H groups in total. The van der Waals surface area contributed by atoms with Gasteiger partial charge in [0.2, 0.25) is 15.9 Å². The Morgan fingerprint density at radius 3 is 2.70 bits per heavy atom. The highest BCUT2D eigenvalue weighted by molar-refractivity contribution is 7.89. The molecule has 0 unspecified atom stereocenters. The first-order valence-corrected chi connectivity index (χ1v) is 7.45. The smallest absolute Gasteiger partial charge is 0.249 e. The van der Waals surface area contributed by atoms with E-state index < -0.39 is 15.9 Å². The highest BCUT2D eigenvalue weighted by Crippen LogP contribution is 2.15. The molecule has 112 valence electrons. The molecule has 0 radical (unpaired) electrons. The second kappa shape index (κ2) is 7.34. The Bertz CT molecular complexity index is 571. The minimum absolute atomic E-state index is 0.0286. The molecular weight excluding hydrogens is 284 g/mol. The van der Waals surface area contributed by atoms with Gasteiger partial charge in [0.1, 0.15) is 0 Å². The van der Waals surface area contributed by atoms with Crippen LogP contribution < -0.4 is 10.5 Å². The van der Waals surface area contributed by atoms with Crippen LogP contribution in [0.15, 0.2) is 23.1 Å². The first-order valence-electron chi connectivity index (χ1n) is 5.97. The first kappa shape index (κ1) is 16.6. The maximum Gasteiger partial charge on any atom is 0.249 e. The number of rotatable bonds is 8. The normalized spacial score (nSPS) is 11.5. The van der Waals surface area contributed by atoms with Crippen molar-refractivity contribution in [3.63, 3.8) is 0 Å². The lowest BCUT2D eigenvalue weighted by atomic mass is 10.1. The summed E-state index contributed by atoms with van der Waals surface area (Å²) in [6, 6.07) is 4.17. The van der Waals surface area contributed by atoms with Crippen molar-refractivity contribution >= 4 is 15.9 Å². The second-order valence-corrected chi connectivity index (χ2v) is 5.84. The fourth-order valence-corrected chi connectivity index (χ4v) is 2.57. The second-order valence-electron chi connectivity index (χ2n) is 4.07. The molecule has 0 aliphatic heterocycles. The topological polar surface area (TPSA) is 119 Å². The molecule has 1 aromatic carbocycles. The van der Waals surface area contributed by atoms with Crippen LogP contribution in [-0.2, 0) is 14.8 Å². The molecule has 0 bridgehead atoms. The summed E-state index contributed by atoms with van der Waals surface area (Å²) in [7, 11) is -3.72. The maximum absolute atomic E-state index is 12.0. The highest BCUT2D eigenvalue weighted by Gasteiger charge is 2.16. The number of aryl methyl sites for hydroxylation is 1. The van der Waals surface area contributed by atoms with Crippen molar-refractivity contribution < 1.29 is 23.1 Å². The van der Waals surface area contributed by atoms with Crippen molar-refractivity contribution in [2.75, 3.05) is 26.4 Å². The van der Waals surface area contributed by atoms with Crippen molar-refractivity contribution in [3.05, 3.63) is 29.3 Å². The standard InChI is InChI=1S/C12H18N2O5S/c1-9-2-3-10(8-11(9)12(13)16)20(17,18)14-4-6-19-7-5-15/h2-3,8,14-15H,4-7H2,1H3,(H2,13,16). The van der Waals surface area contributed by atoms with E-state index in [0.717, 1.165) is 0 Å². The molecule has 20 heavy (non-hydrogen) atoms. The number of sulfonamides is 1. The third-order valence-electron chi connectivity index (χ3n) is 2.56. The molecule has 0 aromatic heterocycles. The van der Waals surface area contributed by atoms with Crippen molar-refractivity contribution in [1.29, 1.82) is 0 Å². The van der Waals surface area contributed by atoms with Gasteiger partial charge in [0.15, 0.2) is 0 Å². The van der Waals surface area contributed by atoms with Crippen molar-refractivity contribution in [1.82, 2.24) is 4.72 Å². The van der Waals surface area contributed by atoms with Crippen LogP contribution in [-0.4, -0.2) is 45.8 Å². The maximum atomic E-state index is 12.0. The molecule has 0 saturated carbocycles. The van der Waals surface area contributed by atoms with Gasteiger partial charge in [-0.05, 0) is 24.6 Å². The highest BCUT2D eigenvalue weighted by atomic mass is 32.2. The zero-order valence-corrected chi connectivity index (χ0v) is 11.9. The Morgan fingerprint density at radius 2 is 2.10 bits per heavy atom. The van der Waals surface area contributed by atoms with Gasteiger partial charge in [0, 0.05) is 12.1 Å². The van der Waals surface area contributed by atoms with Crippen molar-refractivity contribution in [2.45, 2.75) is 11.8 Å². The van der Waals surface area contributed by atoms with Gasteiger partial charge in [-0.3, -0.25) is 4.79 Å². The summed E-state index contributed by atoms with van der Waals surface area (Å²) in [5.74, 6) is -0.675. The van der Waals surface area contributed by atoms with Crippen molar-refractivity contribution in [2.24, 2.45) is 5.73 Å². The molecule has 0 spiro atoms. The lowest BCUT2D eigenvalue weighted by molar-refractivity contribution is 0.0961. The molecule has 0 saturated heterocycles. The average Bonchev–Trinajstić information content (AvgIpc) is 2.38. The van der Waals surface area contributed by atoms with Crippen LogP contribution in [0.1, 0.15) is 15.9 Å². The monoisotopic (exact) mass is 302 g/mol. The minimum atomic E-state index is -3.72. The van der Waals surface area contributed by atoms with Gasteiger partial charge in [0.05, 0.1) is 24.7 Å². The summed E-state index contributed by atoms with van der Waals surface area (Å²) in [6.45, 7) is 1.92. The zero-order valence-electron chi connectivity index (χ0n) is 11.1. The fraction of sp³-hybridized carbons (Fsp3) is 0.417. The van der Waals surface area contributed by atoms with E-state index in [4.69, 9.17) is 15.6 Å². The predicted molar refractivity (Wildman–Crippen MR) is 72.8 cm³/mol. The summed E-state index contributed by atoms with van der Waals surface area (Å²) in [5.41, 5.74) is 5.97. The zero-order chi connectivity index (χ0) is 15.2. The SMILES string of the molecule is Cc1ccc(S(=O)(=O)NCCOCCO)cc1C(N)=O.